The van der Waals surface area contributed by atoms with Crippen LogP contribution in [0.3, 0.4) is 0 Å². The highest BCUT2D eigenvalue weighted by Gasteiger charge is 2.36. The number of ketones is 1. The minimum Gasteiger partial charge on any atom is -0.460 e. The molecule has 33 heavy (non-hydrogen) atoms. The van der Waals surface area contributed by atoms with E-state index in [1.807, 2.05) is 60.3 Å². The molecule has 0 spiro atoms. The van der Waals surface area contributed by atoms with Crippen LogP contribution in [0.25, 0.3) is 11.3 Å². The molecule has 1 amide bonds. The molecule has 0 bridgehead atoms. The van der Waals surface area contributed by atoms with E-state index in [9.17, 15) is 9.59 Å². The Bertz CT molecular complexity index is 1160. The van der Waals surface area contributed by atoms with Gasteiger partial charge in [0.25, 0.3) is 0 Å². The number of hydrogen-bond donors (Lipinski definition) is 0. The molecule has 2 aliphatic rings. The summed E-state index contributed by atoms with van der Waals surface area (Å²) in [5.74, 6) is 2.03. The van der Waals surface area contributed by atoms with Crippen molar-refractivity contribution in [2.24, 2.45) is 0 Å². The molecular weight excluding hydrogens is 414 g/mol. The maximum Gasteiger partial charge on any atom is 0.236 e. The zero-order chi connectivity index (χ0) is 22.9. The van der Waals surface area contributed by atoms with Gasteiger partial charge in [-0.2, -0.15) is 0 Å². The number of carbonyl (C=O) groups is 2. The summed E-state index contributed by atoms with van der Waals surface area (Å²) in [7, 11) is 3.83. The normalized spacial score (nSPS) is 18.7. The van der Waals surface area contributed by atoms with Gasteiger partial charge in [0.05, 0.1) is 12.5 Å². The van der Waals surface area contributed by atoms with Crippen molar-refractivity contribution in [3.8, 4) is 11.3 Å². The van der Waals surface area contributed by atoms with Crippen molar-refractivity contribution < 1.29 is 14.0 Å². The van der Waals surface area contributed by atoms with Gasteiger partial charge in [-0.05, 0) is 57.1 Å². The molecule has 1 saturated heterocycles. The fourth-order valence-electron chi connectivity index (χ4n) is 5.09. The second-order valence-corrected chi connectivity index (χ2v) is 9.34. The summed E-state index contributed by atoms with van der Waals surface area (Å²) in [4.78, 5) is 33.7. The van der Waals surface area contributed by atoms with Crippen molar-refractivity contribution in [1.82, 2.24) is 14.8 Å². The zero-order valence-corrected chi connectivity index (χ0v) is 19.2. The average molecular weight is 444 g/mol. The van der Waals surface area contributed by atoms with Crippen LogP contribution in [0.15, 0.2) is 59.3 Å². The number of piperidine rings is 1. The standard InChI is InChI=1S/C27H29N3O3/c1-29(2)17-25(31)30-13-9-18(10-14-30)24-16-23(27(33-24)19-7-11-28-12-8-19)22-15-20-5-3-4-6-21(20)26(22)32/h3-8,11-12,16,18,22H,9-10,13-15,17H2,1-2H3. The Morgan fingerprint density at radius 3 is 2.55 bits per heavy atom. The number of Topliss-reactive ketones (excluding diaryl/α,β-unsaturated/α-hetero) is 1. The van der Waals surface area contributed by atoms with Gasteiger partial charge >= 0.3 is 0 Å². The van der Waals surface area contributed by atoms with Crippen LogP contribution in [-0.4, -0.2) is 60.2 Å². The van der Waals surface area contributed by atoms with Gasteiger partial charge in [-0.15, -0.1) is 0 Å². The minimum absolute atomic E-state index is 0.164. The van der Waals surface area contributed by atoms with Crippen LogP contribution in [0.1, 0.15) is 51.9 Å². The molecule has 1 fully saturated rings. The summed E-state index contributed by atoms with van der Waals surface area (Å²) in [6.45, 7) is 1.89. The van der Waals surface area contributed by atoms with Crippen LogP contribution in [0.4, 0.5) is 0 Å². The average Bonchev–Trinajstić information content (AvgIpc) is 3.41. The Morgan fingerprint density at radius 1 is 1.12 bits per heavy atom. The Balaban J connectivity index is 1.42. The van der Waals surface area contributed by atoms with E-state index in [-0.39, 0.29) is 23.5 Å². The van der Waals surface area contributed by atoms with Crippen LogP contribution >= 0.6 is 0 Å². The number of nitrogens with zero attached hydrogens (tertiary/aromatic N) is 3. The highest BCUT2D eigenvalue weighted by Crippen LogP contribution is 2.42. The summed E-state index contributed by atoms with van der Waals surface area (Å²) >= 11 is 0. The molecule has 0 saturated carbocycles. The molecule has 6 nitrogen and oxygen atoms in total. The van der Waals surface area contributed by atoms with Crippen molar-refractivity contribution in [3.63, 3.8) is 0 Å². The molecule has 170 valence electrons. The van der Waals surface area contributed by atoms with Gasteiger partial charge in [0.2, 0.25) is 5.91 Å². The highest BCUT2D eigenvalue weighted by atomic mass is 16.3. The number of carbonyl (C=O) groups excluding carboxylic acids is 2. The van der Waals surface area contributed by atoms with Crippen molar-refractivity contribution in [1.29, 1.82) is 0 Å². The quantitative estimate of drug-likeness (QED) is 0.593. The molecule has 1 aromatic carbocycles. The molecule has 1 unspecified atom stereocenters. The smallest absolute Gasteiger partial charge is 0.236 e. The third-order valence-corrected chi connectivity index (χ3v) is 6.82. The lowest BCUT2D eigenvalue weighted by Gasteiger charge is -2.31. The second kappa shape index (κ2) is 8.94. The summed E-state index contributed by atoms with van der Waals surface area (Å²) in [6, 6.07) is 13.8. The Hall–Kier alpha value is -3.25. The number of amides is 1. The molecule has 0 N–H and O–H groups in total. The number of likely N-dealkylation sites (N-methyl/N-ethyl adjacent to an activating group) is 1. The van der Waals surface area contributed by atoms with E-state index >= 15 is 0 Å². The molecule has 2 aromatic heterocycles. The van der Waals surface area contributed by atoms with E-state index in [1.54, 1.807) is 12.4 Å². The molecule has 3 aromatic rings. The van der Waals surface area contributed by atoms with Crippen LogP contribution in [0, 0.1) is 0 Å². The largest absolute Gasteiger partial charge is 0.460 e. The molecule has 0 radical (unpaired) electrons. The third-order valence-electron chi connectivity index (χ3n) is 6.82. The Kier molecular flexibility index (Phi) is 5.85. The van der Waals surface area contributed by atoms with Crippen molar-refractivity contribution in [3.05, 3.63) is 77.3 Å². The van der Waals surface area contributed by atoms with Gasteiger partial charge in [-0.3, -0.25) is 14.6 Å². The number of likely N-dealkylation sites (tertiary alicyclic amines) is 1. The van der Waals surface area contributed by atoms with Gasteiger partial charge in [0, 0.05) is 48.1 Å². The van der Waals surface area contributed by atoms with Gasteiger partial charge in [-0.25, -0.2) is 0 Å². The molecule has 1 aliphatic carbocycles. The minimum atomic E-state index is -0.232. The third kappa shape index (κ3) is 4.23. The van der Waals surface area contributed by atoms with E-state index in [0.717, 1.165) is 59.7 Å². The number of aromatic nitrogens is 1. The Labute approximate surface area is 194 Å². The lowest BCUT2D eigenvalue weighted by Crippen LogP contribution is -2.42. The summed E-state index contributed by atoms with van der Waals surface area (Å²) in [5, 5.41) is 0. The maximum atomic E-state index is 13.3. The fourth-order valence-corrected chi connectivity index (χ4v) is 5.09. The van der Waals surface area contributed by atoms with E-state index in [0.29, 0.717) is 13.0 Å². The van der Waals surface area contributed by atoms with Crippen LogP contribution in [0.5, 0.6) is 0 Å². The van der Waals surface area contributed by atoms with Gasteiger partial charge in [0.15, 0.2) is 5.78 Å². The first-order valence-corrected chi connectivity index (χ1v) is 11.6. The first kappa shape index (κ1) is 21.6. The Morgan fingerprint density at radius 2 is 1.85 bits per heavy atom. The van der Waals surface area contributed by atoms with Gasteiger partial charge in [0.1, 0.15) is 11.5 Å². The lowest BCUT2D eigenvalue weighted by molar-refractivity contribution is -0.132. The molecule has 5 rings (SSSR count). The monoisotopic (exact) mass is 443 g/mol. The first-order chi connectivity index (χ1) is 16.0. The molecule has 1 atom stereocenters. The number of rotatable bonds is 5. The number of fused-ring (bicyclic) bond motifs is 1. The highest BCUT2D eigenvalue weighted by molar-refractivity contribution is 6.06. The van der Waals surface area contributed by atoms with E-state index in [2.05, 4.69) is 11.1 Å². The molecule has 3 heterocycles. The summed E-state index contributed by atoms with van der Waals surface area (Å²) in [5.41, 5.74) is 3.82. The number of furan rings is 1. The van der Waals surface area contributed by atoms with Crippen molar-refractivity contribution in [2.45, 2.75) is 31.1 Å². The van der Waals surface area contributed by atoms with Crippen LogP contribution in [-0.2, 0) is 11.2 Å². The SMILES string of the molecule is CN(C)CC(=O)N1CCC(c2cc(C3Cc4ccccc4C3=O)c(-c3ccncc3)o2)CC1. The molecule has 1 aliphatic heterocycles. The zero-order valence-electron chi connectivity index (χ0n) is 19.2. The topological polar surface area (TPSA) is 66.7 Å². The number of benzene rings is 1. The van der Waals surface area contributed by atoms with E-state index < -0.39 is 0 Å². The molecular formula is C27H29N3O3. The van der Waals surface area contributed by atoms with Crippen molar-refractivity contribution in [2.75, 3.05) is 33.7 Å². The predicted molar refractivity (Wildman–Crippen MR) is 126 cm³/mol. The maximum absolute atomic E-state index is 13.3. The lowest BCUT2D eigenvalue weighted by atomic mass is 9.90. The number of hydrogen-bond acceptors (Lipinski definition) is 5. The van der Waals surface area contributed by atoms with Crippen LogP contribution in [0.2, 0.25) is 0 Å². The molecule has 6 heteroatoms. The van der Waals surface area contributed by atoms with Gasteiger partial charge in [-0.1, -0.05) is 24.3 Å². The van der Waals surface area contributed by atoms with Crippen LogP contribution < -0.4 is 0 Å². The fraction of sp³-hybridized carbons (Fsp3) is 0.370. The van der Waals surface area contributed by atoms with Crippen molar-refractivity contribution >= 4 is 11.7 Å². The van der Waals surface area contributed by atoms with E-state index in [1.165, 1.54) is 0 Å². The summed E-state index contributed by atoms with van der Waals surface area (Å²) in [6.07, 6.45) is 5.92. The number of pyridine rings is 1. The second-order valence-electron chi connectivity index (χ2n) is 9.34. The summed E-state index contributed by atoms with van der Waals surface area (Å²) < 4.78 is 6.47. The van der Waals surface area contributed by atoms with E-state index in [4.69, 9.17) is 4.42 Å². The predicted octanol–water partition coefficient (Wildman–Crippen LogP) is 4.13. The van der Waals surface area contributed by atoms with Gasteiger partial charge < -0.3 is 14.2 Å². The first-order valence-electron chi connectivity index (χ1n) is 11.6.